The van der Waals surface area contributed by atoms with E-state index in [2.05, 4.69) is 15.6 Å². The molecule has 1 unspecified atom stereocenters. The van der Waals surface area contributed by atoms with Gasteiger partial charge in [-0.1, -0.05) is 12.1 Å². The Hall–Kier alpha value is -1.96. The number of aromatic carboxylic acids is 1. The van der Waals surface area contributed by atoms with Gasteiger partial charge in [0.05, 0.1) is 12.2 Å². The lowest BCUT2D eigenvalue weighted by Crippen LogP contribution is -2.56. The van der Waals surface area contributed by atoms with Crippen LogP contribution in [-0.4, -0.2) is 63.1 Å². The predicted molar refractivity (Wildman–Crippen MR) is 68.1 cm³/mol. The number of likely N-dealkylation sites (tertiary alicyclic amines) is 1. The van der Waals surface area contributed by atoms with E-state index in [4.69, 9.17) is 5.11 Å². The monoisotopic (exact) mass is 279 g/mol. The first kappa shape index (κ1) is 13.0. The second kappa shape index (κ2) is 4.86. The number of aromatic nitrogens is 3. The Morgan fingerprint density at radius 1 is 1.45 bits per heavy atom. The van der Waals surface area contributed by atoms with Crippen LogP contribution in [0.1, 0.15) is 23.5 Å². The minimum absolute atomic E-state index is 0.0336. The van der Waals surface area contributed by atoms with Gasteiger partial charge in [0.2, 0.25) is 5.91 Å². The zero-order valence-corrected chi connectivity index (χ0v) is 11.2. The van der Waals surface area contributed by atoms with Gasteiger partial charge in [0.15, 0.2) is 5.69 Å². The fraction of sp³-hybridized carbons (Fsp3) is 0.667. The molecule has 1 aromatic heterocycles. The van der Waals surface area contributed by atoms with Crippen LogP contribution in [-0.2, 0) is 4.79 Å². The number of carboxylic acid groups (broad SMARTS) is 1. The van der Waals surface area contributed by atoms with Crippen molar-refractivity contribution in [3.05, 3.63) is 11.9 Å². The third kappa shape index (κ3) is 2.15. The Morgan fingerprint density at radius 3 is 2.65 bits per heavy atom. The summed E-state index contributed by atoms with van der Waals surface area (Å²) >= 11 is 0. The minimum Gasteiger partial charge on any atom is -0.476 e. The van der Waals surface area contributed by atoms with Crippen LogP contribution in [0.5, 0.6) is 0 Å². The van der Waals surface area contributed by atoms with Crippen LogP contribution in [0, 0.1) is 11.8 Å². The molecule has 1 atom stereocenters. The van der Waals surface area contributed by atoms with Gasteiger partial charge in [0, 0.05) is 19.0 Å². The van der Waals surface area contributed by atoms with Gasteiger partial charge in [0.25, 0.3) is 0 Å². The Bertz CT molecular complexity index is 533. The van der Waals surface area contributed by atoms with Crippen molar-refractivity contribution in [1.29, 1.82) is 0 Å². The van der Waals surface area contributed by atoms with Crippen molar-refractivity contribution in [1.82, 2.24) is 25.2 Å². The zero-order valence-electron chi connectivity index (χ0n) is 11.2. The number of nitrogens with zero attached hydrogens (tertiary/aromatic N) is 4. The average Bonchev–Trinajstić information content (AvgIpc) is 2.73. The first-order valence-corrected chi connectivity index (χ1v) is 6.71. The Balaban J connectivity index is 1.54. The maximum atomic E-state index is 12.2. The minimum atomic E-state index is -1.09. The van der Waals surface area contributed by atoms with E-state index in [0.717, 1.165) is 13.1 Å². The van der Waals surface area contributed by atoms with E-state index in [1.807, 2.05) is 6.92 Å². The SMILES string of the molecule is CC(C(=O)N1CC(n2cc(C(=O)O)nn2)C1)C1CNC1. The molecular formula is C12H17N5O3. The quantitative estimate of drug-likeness (QED) is 0.749. The van der Waals surface area contributed by atoms with Crippen molar-refractivity contribution >= 4 is 11.9 Å². The Labute approximate surface area is 115 Å². The van der Waals surface area contributed by atoms with Gasteiger partial charge in [-0.05, 0) is 19.0 Å². The molecule has 0 radical (unpaired) electrons. The molecule has 0 saturated carbocycles. The van der Waals surface area contributed by atoms with Crippen molar-refractivity contribution in [2.24, 2.45) is 11.8 Å². The largest absolute Gasteiger partial charge is 0.476 e. The Morgan fingerprint density at radius 2 is 2.15 bits per heavy atom. The molecule has 108 valence electrons. The number of hydrogen-bond donors (Lipinski definition) is 2. The van der Waals surface area contributed by atoms with E-state index < -0.39 is 5.97 Å². The smallest absolute Gasteiger partial charge is 0.358 e. The maximum absolute atomic E-state index is 12.2. The van der Waals surface area contributed by atoms with Crippen molar-refractivity contribution in [2.45, 2.75) is 13.0 Å². The summed E-state index contributed by atoms with van der Waals surface area (Å²) in [5.74, 6) is -0.435. The number of carbonyl (C=O) groups is 2. The van der Waals surface area contributed by atoms with Crippen LogP contribution in [0.15, 0.2) is 6.20 Å². The van der Waals surface area contributed by atoms with E-state index in [1.165, 1.54) is 10.9 Å². The molecule has 3 rings (SSSR count). The van der Waals surface area contributed by atoms with E-state index in [-0.39, 0.29) is 23.6 Å². The molecule has 0 aliphatic carbocycles. The van der Waals surface area contributed by atoms with Gasteiger partial charge in [-0.3, -0.25) is 4.79 Å². The summed E-state index contributed by atoms with van der Waals surface area (Å²) in [5, 5.41) is 19.3. The first-order chi connectivity index (χ1) is 9.56. The highest BCUT2D eigenvalue weighted by Gasteiger charge is 2.38. The lowest BCUT2D eigenvalue weighted by Gasteiger charge is -2.42. The number of hydrogen-bond acceptors (Lipinski definition) is 5. The van der Waals surface area contributed by atoms with Crippen molar-refractivity contribution in [3.8, 4) is 0 Å². The van der Waals surface area contributed by atoms with Crippen molar-refractivity contribution in [3.63, 3.8) is 0 Å². The molecule has 2 aliphatic rings. The summed E-state index contributed by atoms with van der Waals surface area (Å²) in [5.41, 5.74) is -0.0660. The molecule has 0 spiro atoms. The number of carbonyl (C=O) groups excluding carboxylic acids is 1. The van der Waals surface area contributed by atoms with E-state index >= 15 is 0 Å². The van der Waals surface area contributed by atoms with Gasteiger partial charge in [-0.15, -0.1) is 5.10 Å². The van der Waals surface area contributed by atoms with Gasteiger partial charge in [-0.25, -0.2) is 9.48 Å². The normalized spacial score (nSPS) is 21.1. The maximum Gasteiger partial charge on any atom is 0.358 e. The standard InChI is InChI=1S/C12H17N5O3/c1-7(8-2-13-3-8)11(18)16-4-9(5-16)17-6-10(12(19)20)14-15-17/h6-9,13H,2-5H2,1H3,(H,19,20). The summed E-state index contributed by atoms with van der Waals surface area (Å²) in [4.78, 5) is 24.7. The molecule has 2 N–H and O–H groups in total. The second-order valence-corrected chi connectivity index (χ2v) is 5.49. The molecular weight excluding hydrogens is 262 g/mol. The fourth-order valence-corrected chi connectivity index (χ4v) is 2.51. The highest BCUT2D eigenvalue weighted by molar-refractivity contribution is 5.84. The van der Waals surface area contributed by atoms with Crippen molar-refractivity contribution in [2.75, 3.05) is 26.2 Å². The lowest BCUT2D eigenvalue weighted by atomic mass is 9.87. The number of amides is 1. The average molecular weight is 279 g/mol. The number of carboxylic acids is 1. The topological polar surface area (TPSA) is 100 Å². The van der Waals surface area contributed by atoms with Gasteiger partial charge < -0.3 is 15.3 Å². The molecule has 8 heteroatoms. The second-order valence-electron chi connectivity index (χ2n) is 5.49. The highest BCUT2D eigenvalue weighted by Crippen LogP contribution is 2.26. The van der Waals surface area contributed by atoms with Crippen LogP contribution in [0.3, 0.4) is 0 Å². The number of nitrogens with one attached hydrogen (secondary N) is 1. The van der Waals surface area contributed by atoms with Crippen LogP contribution in [0.4, 0.5) is 0 Å². The third-order valence-electron chi connectivity index (χ3n) is 4.19. The third-order valence-corrected chi connectivity index (χ3v) is 4.19. The van der Waals surface area contributed by atoms with Crippen LogP contribution < -0.4 is 5.32 Å². The lowest BCUT2D eigenvalue weighted by molar-refractivity contribution is -0.143. The predicted octanol–water partition coefficient (Wildman–Crippen LogP) is -0.785. The Kier molecular flexibility index (Phi) is 3.17. The molecule has 2 fully saturated rings. The van der Waals surface area contributed by atoms with Gasteiger partial charge >= 0.3 is 5.97 Å². The fourth-order valence-electron chi connectivity index (χ4n) is 2.51. The number of rotatable bonds is 4. The van der Waals surface area contributed by atoms with E-state index in [0.29, 0.717) is 19.0 Å². The summed E-state index contributed by atoms with van der Waals surface area (Å²) in [6.07, 6.45) is 1.41. The molecule has 0 bridgehead atoms. The summed E-state index contributed by atoms with van der Waals surface area (Å²) in [7, 11) is 0. The molecule has 1 aromatic rings. The van der Waals surface area contributed by atoms with Gasteiger partial charge in [0.1, 0.15) is 0 Å². The molecule has 2 aliphatic heterocycles. The van der Waals surface area contributed by atoms with Crippen LogP contribution >= 0.6 is 0 Å². The molecule has 20 heavy (non-hydrogen) atoms. The van der Waals surface area contributed by atoms with Gasteiger partial charge in [-0.2, -0.15) is 0 Å². The van der Waals surface area contributed by atoms with E-state index in [9.17, 15) is 9.59 Å². The summed E-state index contributed by atoms with van der Waals surface area (Å²) < 4.78 is 1.53. The molecule has 0 aromatic carbocycles. The molecule has 8 nitrogen and oxygen atoms in total. The first-order valence-electron chi connectivity index (χ1n) is 6.71. The molecule has 2 saturated heterocycles. The highest BCUT2D eigenvalue weighted by atomic mass is 16.4. The summed E-state index contributed by atoms with van der Waals surface area (Å²) in [6, 6.07) is 0.0336. The molecule has 3 heterocycles. The van der Waals surface area contributed by atoms with Crippen LogP contribution in [0.25, 0.3) is 0 Å². The van der Waals surface area contributed by atoms with E-state index in [1.54, 1.807) is 4.90 Å². The molecule has 1 amide bonds. The van der Waals surface area contributed by atoms with Crippen LogP contribution in [0.2, 0.25) is 0 Å². The zero-order chi connectivity index (χ0) is 14.3. The van der Waals surface area contributed by atoms with Crippen molar-refractivity contribution < 1.29 is 14.7 Å². The summed E-state index contributed by atoms with van der Waals surface area (Å²) in [6.45, 7) is 4.95.